The molecule has 1 heterocycles. The van der Waals surface area contributed by atoms with Crippen molar-refractivity contribution in [2.24, 2.45) is 17.3 Å². The van der Waals surface area contributed by atoms with Gasteiger partial charge in [-0.1, -0.05) is 20.3 Å². The van der Waals surface area contributed by atoms with E-state index in [1.54, 1.807) is 0 Å². The van der Waals surface area contributed by atoms with Gasteiger partial charge in [0, 0.05) is 12.6 Å². The minimum atomic E-state index is 0.292. The standard InChI is InChI=1S/C17H31NO/c1-16(2)8-4-6-14(16)15(18-3)13-7-11-19-17(12-13)9-5-10-17/h13-15,18H,4-12H2,1-3H3. The molecule has 0 aromatic carbocycles. The predicted molar refractivity (Wildman–Crippen MR) is 79.2 cm³/mol. The number of rotatable bonds is 3. The second kappa shape index (κ2) is 5.04. The summed E-state index contributed by atoms with van der Waals surface area (Å²) in [7, 11) is 2.18. The lowest BCUT2D eigenvalue weighted by Crippen LogP contribution is -2.52. The van der Waals surface area contributed by atoms with E-state index in [-0.39, 0.29) is 0 Å². The van der Waals surface area contributed by atoms with Crippen LogP contribution in [-0.4, -0.2) is 25.3 Å². The predicted octanol–water partition coefficient (Wildman–Crippen LogP) is 3.75. The van der Waals surface area contributed by atoms with E-state index in [1.165, 1.54) is 51.4 Å². The molecule has 19 heavy (non-hydrogen) atoms. The van der Waals surface area contributed by atoms with E-state index in [1.807, 2.05) is 0 Å². The first-order chi connectivity index (χ1) is 9.06. The van der Waals surface area contributed by atoms with Crippen molar-refractivity contribution in [3.8, 4) is 0 Å². The number of nitrogens with one attached hydrogen (secondary N) is 1. The third kappa shape index (κ3) is 2.47. The maximum absolute atomic E-state index is 6.11. The molecule has 3 rings (SSSR count). The zero-order valence-electron chi connectivity index (χ0n) is 13.0. The van der Waals surface area contributed by atoms with Crippen LogP contribution >= 0.6 is 0 Å². The van der Waals surface area contributed by atoms with Crippen LogP contribution in [0, 0.1) is 17.3 Å². The highest BCUT2D eigenvalue weighted by atomic mass is 16.5. The fourth-order valence-electron chi connectivity index (χ4n) is 5.08. The average molecular weight is 265 g/mol. The number of hydrogen-bond donors (Lipinski definition) is 1. The van der Waals surface area contributed by atoms with Crippen molar-refractivity contribution in [3.05, 3.63) is 0 Å². The maximum atomic E-state index is 6.11. The summed E-state index contributed by atoms with van der Waals surface area (Å²) < 4.78 is 6.11. The molecular formula is C17H31NO. The van der Waals surface area contributed by atoms with Gasteiger partial charge in [0.1, 0.15) is 0 Å². The molecule has 2 saturated carbocycles. The Kier molecular flexibility index (Phi) is 3.68. The summed E-state index contributed by atoms with van der Waals surface area (Å²) in [5.74, 6) is 1.69. The first kappa shape index (κ1) is 13.9. The van der Waals surface area contributed by atoms with Gasteiger partial charge in [-0.2, -0.15) is 0 Å². The van der Waals surface area contributed by atoms with Gasteiger partial charge in [-0.25, -0.2) is 0 Å². The van der Waals surface area contributed by atoms with Crippen LogP contribution in [0.5, 0.6) is 0 Å². The van der Waals surface area contributed by atoms with Gasteiger partial charge < -0.3 is 10.1 Å². The first-order valence-electron chi connectivity index (χ1n) is 8.38. The van der Waals surface area contributed by atoms with Crippen molar-refractivity contribution in [2.45, 2.75) is 76.9 Å². The number of hydrogen-bond acceptors (Lipinski definition) is 2. The van der Waals surface area contributed by atoms with Crippen molar-refractivity contribution in [3.63, 3.8) is 0 Å². The highest BCUT2D eigenvalue weighted by molar-refractivity contribution is 5.00. The Labute approximate surface area is 118 Å². The summed E-state index contributed by atoms with van der Waals surface area (Å²) >= 11 is 0. The highest BCUT2D eigenvalue weighted by Crippen LogP contribution is 2.50. The lowest BCUT2D eigenvalue weighted by molar-refractivity contribution is -0.150. The second-order valence-electron chi connectivity index (χ2n) is 7.94. The van der Waals surface area contributed by atoms with Gasteiger partial charge in [-0.15, -0.1) is 0 Å². The zero-order chi connectivity index (χ0) is 13.5. The molecule has 110 valence electrons. The summed E-state index contributed by atoms with van der Waals surface area (Å²) in [5, 5.41) is 3.70. The summed E-state index contributed by atoms with van der Waals surface area (Å²) in [6, 6.07) is 0.707. The summed E-state index contributed by atoms with van der Waals surface area (Å²) in [6.07, 6.45) is 10.8. The van der Waals surface area contributed by atoms with Crippen molar-refractivity contribution in [1.29, 1.82) is 0 Å². The van der Waals surface area contributed by atoms with Gasteiger partial charge >= 0.3 is 0 Å². The van der Waals surface area contributed by atoms with Crippen LogP contribution in [0.2, 0.25) is 0 Å². The highest BCUT2D eigenvalue weighted by Gasteiger charge is 2.48. The van der Waals surface area contributed by atoms with Gasteiger partial charge in [0.05, 0.1) is 5.60 Å². The molecule has 0 amide bonds. The summed E-state index contributed by atoms with van der Waals surface area (Å²) in [4.78, 5) is 0. The van der Waals surface area contributed by atoms with Crippen LogP contribution in [0.4, 0.5) is 0 Å². The molecule has 0 aromatic rings. The van der Waals surface area contributed by atoms with Crippen LogP contribution in [0.15, 0.2) is 0 Å². The fourth-order valence-corrected chi connectivity index (χ4v) is 5.08. The van der Waals surface area contributed by atoms with Crippen molar-refractivity contribution >= 4 is 0 Å². The van der Waals surface area contributed by atoms with E-state index in [2.05, 4.69) is 26.2 Å². The van der Waals surface area contributed by atoms with E-state index in [9.17, 15) is 0 Å². The minimum absolute atomic E-state index is 0.292. The van der Waals surface area contributed by atoms with Crippen molar-refractivity contribution < 1.29 is 4.74 Å². The molecule has 3 fully saturated rings. The van der Waals surface area contributed by atoms with Crippen LogP contribution in [0.1, 0.15) is 65.2 Å². The Morgan fingerprint density at radius 3 is 2.42 bits per heavy atom. The maximum Gasteiger partial charge on any atom is 0.0685 e. The molecule has 0 radical (unpaired) electrons. The molecule has 0 aromatic heterocycles. The van der Waals surface area contributed by atoms with Crippen LogP contribution in [-0.2, 0) is 4.74 Å². The molecule has 1 saturated heterocycles. The van der Waals surface area contributed by atoms with Crippen LogP contribution in [0.25, 0.3) is 0 Å². The van der Waals surface area contributed by atoms with Crippen LogP contribution < -0.4 is 5.32 Å². The number of ether oxygens (including phenoxy) is 1. The van der Waals surface area contributed by atoms with Gasteiger partial charge in [-0.3, -0.25) is 0 Å². The monoisotopic (exact) mass is 265 g/mol. The molecule has 1 N–H and O–H groups in total. The zero-order valence-corrected chi connectivity index (χ0v) is 13.0. The minimum Gasteiger partial charge on any atom is -0.375 e. The van der Waals surface area contributed by atoms with Crippen LogP contribution in [0.3, 0.4) is 0 Å². The molecular weight excluding hydrogens is 234 g/mol. The molecule has 2 nitrogen and oxygen atoms in total. The van der Waals surface area contributed by atoms with E-state index in [4.69, 9.17) is 4.74 Å². The van der Waals surface area contributed by atoms with E-state index < -0.39 is 0 Å². The molecule has 1 aliphatic heterocycles. The lowest BCUT2D eigenvalue weighted by Gasteiger charge is -2.50. The lowest BCUT2D eigenvalue weighted by atomic mass is 9.66. The molecule has 3 atom stereocenters. The molecule has 0 bridgehead atoms. The third-order valence-electron chi connectivity index (χ3n) is 6.41. The normalized spacial score (nSPS) is 38.1. The van der Waals surface area contributed by atoms with Gasteiger partial charge in [0.15, 0.2) is 0 Å². The smallest absolute Gasteiger partial charge is 0.0685 e. The molecule has 2 aliphatic carbocycles. The Bertz CT molecular complexity index is 321. The van der Waals surface area contributed by atoms with E-state index in [0.717, 1.165) is 18.4 Å². The largest absolute Gasteiger partial charge is 0.375 e. The quantitative estimate of drug-likeness (QED) is 0.839. The van der Waals surface area contributed by atoms with Gasteiger partial charge in [-0.05, 0) is 69.2 Å². The van der Waals surface area contributed by atoms with Crippen molar-refractivity contribution in [2.75, 3.05) is 13.7 Å². The fraction of sp³-hybridized carbons (Fsp3) is 1.00. The summed E-state index contributed by atoms with van der Waals surface area (Å²) in [6.45, 7) is 5.96. The Hall–Kier alpha value is -0.0800. The van der Waals surface area contributed by atoms with E-state index >= 15 is 0 Å². The average Bonchev–Trinajstić information content (AvgIpc) is 2.69. The SMILES string of the molecule is CNC(C1CCOC2(CCC2)C1)C1CCCC1(C)C. The first-order valence-corrected chi connectivity index (χ1v) is 8.38. The molecule has 3 unspecified atom stereocenters. The van der Waals surface area contributed by atoms with Gasteiger partial charge in [0.2, 0.25) is 0 Å². The van der Waals surface area contributed by atoms with Gasteiger partial charge in [0.25, 0.3) is 0 Å². The Morgan fingerprint density at radius 1 is 1.11 bits per heavy atom. The Morgan fingerprint density at radius 2 is 1.89 bits per heavy atom. The molecule has 3 aliphatic rings. The Balaban J connectivity index is 1.71. The second-order valence-corrected chi connectivity index (χ2v) is 7.94. The molecule has 1 spiro atoms. The molecule has 2 heteroatoms. The topological polar surface area (TPSA) is 21.3 Å². The third-order valence-corrected chi connectivity index (χ3v) is 6.41. The van der Waals surface area contributed by atoms with E-state index in [0.29, 0.717) is 17.1 Å². The summed E-state index contributed by atoms with van der Waals surface area (Å²) in [5.41, 5.74) is 0.819. The van der Waals surface area contributed by atoms with Crippen molar-refractivity contribution in [1.82, 2.24) is 5.32 Å².